The lowest BCUT2D eigenvalue weighted by atomic mass is 10.4. The molecule has 0 atom stereocenters. The van der Waals surface area contributed by atoms with Crippen LogP contribution in [0.15, 0.2) is 11.0 Å². The molecule has 0 fully saturated rings. The topological polar surface area (TPSA) is 69.4 Å². The first-order valence-corrected chi connectivity index (χ1v) is 4.75. The summed E-state index contributed by atoms with van der Waals surface area (Å²) in [4.78, 5) is 21.4. The molecule has 2 N–H and O–H groups in total. The van der Waals surface area contributed by atoms with Gasteiger partial charge in [-0.25, -0.2) is 4.79 Å². The minimum atomic E-state index is -0.539. The van der Waals surface area contributed by atoms with Crippen LogP contribution in [0.25, 0.3) is 0 Å². The number of thioether (sulfide) groups is 1. The highest BCUT2D eigenvalue weighted by molar-refractivity contribution is 8.16. The first-order chi connectivity index (χ1) is 6.07. The van der Waals surface area contributed by atoms with Gasteiger partial charge in [0.15, 0.2) is 0 Å². The highest BCUT2D eigenvalue weighted by Gasteiger charge is 2.04. The van der Waals surface area contributed by atoms with Crippen molar-refractivity contribution in [2.24, 2.45) is 5.73 Å². The summed E-state index contributed by atoms with van der Waals surface area (Å²) in [5.41, 5.74) is 5.25. The minimum absolute atomic E-state index is 0.386. The van der Waals surface area contributed by atoms with Crippen molar-refractivity contribution in [1.82, 2.24) is 0 Å². The molecule has 0 aliphatic heterocycles. The van der Waals surface area contributed by atoms with Gasteiger partial charge in [0, 0.05) is 5.57 Å². The molecule has 0 unspecified atom stereocenters. The second-order valence-electron chi connectivity index (χ2n) is 2.37. The first-order valence-electron chi connectivity index (χ1n) is 3.88. The molecule has 1 amide bonds. The van der Waals surface area contributed by atoms with Gasteiger partial charge in [0.25, 0.3) is 5.24 Å². The zero-order valence-electron chi connectivity index (χ0n) is 7.70. The fraction of sp³-hybridized carbons (Fsp3) is 0.500. The first kappa shape index (κ1) is 12.0. The molecule has 0 rings (SSSR count). The summed E-state index contributed by atoms with van der Waals surface area (Å²) < 4.78 is 4.81. The Bertz CT molecular complexity index is 225. The van der Waals surface area contributed by atoms with Crippen LogP contribution >= 0.6 is 11.8 Å². The van der Waals surface area contributed by atoms with E-state index in [0.29, 0.717) is 12.2 Å². The van der Waals surface area contributed by atoms with E-state index in [1.807, 2.05) is 6.92 Å². The summed E-state index contributed by atoms with van der Waals surface area (Å²) >= 11 is 0.777. The lowest BCUT2D eigenvalue weighted by Crippen LogP contribution is -2.07. The monoisotopic (exact) mass is 203 g/mol. The van der Waals surface area contributed by atoms with Crippen molar-refractivity contribution in [1.29, 1.82) is 0 Å². The molecule has 0 bridgehead atoms. The van der Waals surface area contributed by atoms with Gasteiger partial charge in [-0.1, -0.05) is 6.92 Å². The van der Waals surface area contributed by atoms with Crippen LogP contribution in [0.2, 0.25) is 0 Å². The largest absolute Gasteiger partial charge is 0.462 e. The van der Waals surface area contributed by atoms with Crippen LogP contribution in [0.5, 0.6) is 0 Å². The third-order valence-corrected chi connectivity index (χ3v) is 1.81. The van der Waals surface area contributed by atoms with Gasteiger partial charge in [-0.05, 0) is 30.5 Å². The number of carbonyl (C=O) groups excluding carboxylic acids is 2. The molecular formula is C8H13NO3S. The quantitative estimate of drug-likeness (QED) is 0.557. The number of hydrogen-bond donors (Lipinski definition) is 1. The van der Waals surface area contributed by atoms with E-state index in [9.17, 15) is 9.59 Å². The highest BCUT2D eigenvalue weighted by Crippen LogP contribution is 2.07. The number of ether oxygens (including phenoxy) is 1. The van der Waals surface area contributed by atoms with E-state index in [-0.39, 0.29) is 0 Å². The van der Waals surface area contributed by atoms with Gasteiger partial charge in [0.1, 0.15) is 0 Å². The van der Waals surface area contributed by atoms with Crippen molar-refractivity contribution < 1.29 is 14.3 Å². The predicted molar refractivity (Wildman–Crippen MR) is 52.2 cm³/mol. The average Bonchev–Trinajstić information content (AvgIpc) is 2.10. The molecular weight excluding hydrogens is 190 g/mol. The molecule has 0 saturated heterocycles. The Morgan fingerprint density at radius 3 is 2.62 bits per heavy atom. The fourth-order valence-electron chi connectivity index (χ4n) is 0.503. The van der Waals surface area contributed by atoms with Gasteiger partial charge in [-0.2, -0.15) is 0 Å². The van der Waals surface area contributed by atoms with Crippen molar-refractivity contribution in [3.05, 3.63) is 11.0 Å². The number of amides is 1. The summed E-state index contributed by atoms with van der Waals surface area (Å²) in [6.45, 7) is 3.88. The van der Waals surface area contributed by atoms with E-state index in [2.05, 4.69) is 0 Å². The third-order valence-electron chi connectivity index (χ3n) is 1.11. The van der Waals surface area contributed by atoms with Crippen molar-refractivity contribution in [3.63, 3.8) is 0 Å². The zero-order chi connectivity index (χ0) is 10.3. The summed E-state index contributed by atoms with van der Waals surface area (Å²) in [5.74, 6) is -0.407. The Kier molecular flexibility index (Phi) is 6.05. The van der Waals surface area contributed by atoms with Gasteiger partial charge in [0.2, 0.25) is 0 Å². The Morgan fingerprint density at radius 2 is 2.15 bits per heavy atom. The van der Waals surface area contributed by atoms with Gasteiger partial charge in [-0.15, -0.1) is 0 Å². The fourth-order valence-corrected chi connectivity index (χ4v) is 0.892. The van der Waals surface area contributed by atoms with Gasteiger partial charge < -0.3 is 10.5 Å². The van der Waals surface area contributed by atoms with Crippen LogP contribution in [0.3, 0.4) is 0 Å². The molecule has 0 aromatic heterocycles. The molecule has 0 aromatic carbocycles. The number of esters is 1. The molecule has 0 aliphatic rings. The van der Waals surface area contributed by atoms with E-state index in [1.54, 1.807) is 6.92 Å². The van der Waals surface area contributed by atoms with E-state index < -0.39 is 11.2 Å². The van der Waals surface area contributed by atoms with Gasteiger partial charge in [0.05, 0.1) is 6.61 Å². The summed E-state index contributed by atoms with van der Waals surface area (Å²) in [5, 5.41) is 0.850. The van der Waals surface area contributed by atoms with Crippen molar-refractivity contribution >= 4 is 23.0 Å². The Morgan fingerprint density at radius 1 is 1.54 bits per heavy atom. The van der Waals surface area contributed by atoms with E-state index in [4.69, 9.17) is 10.5 Å². The molecule has 0 saturated carbocycles. The second kappa shape index (κ2) is 6.54. The SMILES string of the molecule is CCCOC(=O)C(C)=CSC(N)=O. The summed E-state index contributed by atoms with van der Waals surface area (Å²) in [7, 11) is 0. The molecule has 0 aromatic rings. The van der Waals surface area contributed by atoms with Gasteiger partial charge >= 0.3 is 5.97 Å². The van der Waals surface area contributed by atoms with E-state index >= 15 is 0 Å². The summed E-state index contributed by atoms with van der Waals surface area (Å²) in [6.07, 6.45) is 0.780. The number of nitrogens with two attached hydrogens (primary N) is 1. The van der Waals surface area contributed by atoms with Crippen molar-refractivity contribution in [2.75, 3.05) is 6.61 Å². The van der Waals surface area contributed by atoms with Crippen LogP contribution < -0.4 is 5.73 Å². The van der Waals surface area contributed by atoms with Crippen molar-refractivity contribution in [3.8, 4) is 0 Å². The Balaban J connectivity index is 3.93. The maximum absolute atomic E-state index is 11.1. The third kappa shape index (κ3) is 6.21. The zero-order valence-corrected chi connectivity index (χ0v) is 8.52. The number of primary amides is 1. The number of rotatable bonds is 4. The predicted octanol–water partition coefficient (Wildman–Crippen LogP) is 1.66. The Labute approximate surface area is 81.5 Å². The molecule has 0 heterocycles. The van der Waals surface area contributed by atoms with Crippen LogP contribution in [0.4, 0.5) is 4.79 Å². The lowest BCUT2D eigenvalue weighted by Gasteiger charge is -2.01. The van der Waals surface area contributed by atoms with Gasteiger partial charge in [-0.3, -0.25) is 4.79 Å². The standard InChI is InChI=1S/C8H13NO3S/c1-3-4-12-7(10)6(2)5-13-8(9)11/h5H,3-4H2,1-2H3,(H2,9,11). The highest BCUT2D eigenvalue weighted by atomic mass is 32.2. The molecule has 13 heavy (non-hydrogen) atoms. The molecule has 0 spiro atoms. The number of carbonyl (C=O) groups is 2. The molecule has 0 aliphatic carbocycles. The molecule has 0 radical (unpaired) electrons. The second-order valence-corrected chi connectivity index (χ2v) is 3.25. The Hall–Kier alpha value is -0.970. The molecule has 4 nitrogen and oxygen atoms in total. The lowest BCUT2D eigenvalue weighted by molar-refractivity contribution is -0.138. The van der Waals surface area contributed by atoms with Crippen LogP contribution in [0.1, 0.15) is 20.3 Å². The van der Waals surface area contributed by atoms with Crippen molar-refractivity contribution in [2.45, 2.75) is 20.3 Å². The van der Waals surface area contributed by atoms with E-state index in [1.165, 1.54) is 5.41 Å². The normalized spacial score (nSPS) is 11.1. The van der Waals surface area contributed by atoms with E-state index in [0.717, 1.165) is 18.2 Å². The van der Waals surface area contributed by atoms with Crippen LogP contribution in [0, 0.1) is 0 Å². The molecule has 74 valence electrons. The minimum Gasteiger partial charge on any atom is -0.462 e. The van der Waals surface area contributed by atoms with Crippen LogP contribution in [-0.2, 0) is 9.53 Å². The average molecular weight is 203 g/mol. The summed E-state index contributed by atoms with van der Waals surface area (Å²) in [6, 6.07) is 0. The maximum Gasteiger partial charge on any atom is 0.334 e. The smallest absolute Gasteiger partial charge is 0.334 e. The molecule has 5 heteroatoms. The maximum atomic E-state index is 11.1. The van der Waals surface area contributed by atoms with Crippen LogP contribution in [-0.4, -0.2) is 17.8 Å². The number of hydrogen-bond acceptors (Lipinski definition) is 4.